The zero-order valence-corrected chi connectivity index (χ0v) is 12.5. The molecule has 1 aromatic rings. The molecule has 0 spiro atoms. The molecule has 1 N–H and O–H groups in total. The topological polar surface area (TPSA) is 21.3 Å². The number of hydrogen-bond acceptors (Lipinski definition) is 2. The number of benzene rings is 1. The molecule has 19 heavy (non-hydrogen) atoms. The van der Waals surface area contributed by atoms with Crippen molar-refractivity contribution in [1.82, 2.24) is 5.32 Å². The highest BCUT2D eigenvalue weighted by Crippen LogP contribution is 2.29. The highest BCUT2D eigenvalue weighted by Gasteiger charge is 2.20. The maximum Gasteiger partial charge on any atom is 0.0465 e. The molecule has 2 atom stereocenters. The van der Waals surface area contributed by atoms with E-state index in [1.807, 2.05) is 0 Å². The van der Waals surface area contributed by atoms with Crippen molar-refractivity contribution in [3.8, 4) is 0 Å². The number of nitrogens with one attached hydrogen (secondary N) is 1. The summed E-state index contributed by atoms with van der Waals surface area (Å²) in [5.74, 6) is 0.597. The van der Waals surface area contributed by atoms with E-state index in [0.29, 0.717) is 12.0 Å². The van der Waals surface area contributed by atoms with Crippen LogP contribution in [-0.2, 0) is 17.6 Å². The number of methoxy groups -OCH3 is 1. The first-order chi connectivity index (χ1) is 9.26. The first-order valence-electron chi connectivity index (χ1n) is 7.60. The van der Waals surface area contributed by atoms with Crippen molar-refractivity contribution in [3.05, 3.63) is 34.9 Å². The van der Waals surface area contributed by atoms with Crippen molar-refractivity contribution in [2.45, 2.75) is 45.6 Å². The molecule has 0 heterocycles. The van der Waals surface area contributed by atoms with Crippen LogP contribution in [0.4, 0.5) is 0 Å². The molecule has 0 radical (unpaired) electrons. The molecule has 0 fully saturated rings. The van der Waals surface area contributed by atoms with Gasteiger partial charge in [0.05, 0.1) is 0 Å². The van der Waals surface area contributed by atoms with Gasteiger partial charge >= 0.3 is 0 Å². The summed E-state index contributed by atoms with van der Waals surface area (Å²) in [5.41, 5.74) is 4.58. The van der Waals surface area contributed by atoms with E-state index < -0.39 is 0 Å². The van der Waals surface area contributed by atoms with E-state index in [-0.39, 0.29) is 0 Å². The average Bonchev–Trinajstić information content (AvgIpc) is 2.89. The minimum absolute atomic E-state index is 0.450. The Hall–Kier alpha value is -0.860. The van der Waals surface area contributed by atoms with Gasteiger partial charge in [0, 0.05) is 19.8 Å². The third-order valence-electron chi connectivity index (χ3n) is 4.25. The van der Waals surface area contributed by atoms with Crippen LogP contribution in [0, 0.1) is 5.92 Å². The quantitative estimate of drug-likeness (QED) is 0.811. The largest absolute Gasteiger partial charge is 0.385 e. The summed E-state index contributed by atoms with van der Waals surface area (Å²) < 4.78 is 5.22. The Morgan fingerprint density at radius 2 is 2.05 bits per heavy atom. The molecule has 2 nitrogen and oxygen atoms in total. The second-order valence-electron chi connectivity index (χ2n) is 5.68. The van der Waals surface area contributed by atoms with E-state index in [2.05, 4.69) is 37.4 Å². The summed E-state index contributed by atoms with van der Waals surface area (Å²) in [7, 11) is 1.78. The van der Waals surface area contributed by atoms with E-state index >= 15 is 0 Å². The molecule has 0 aromatic heterocycles. The standard InChI is InChI=1S/C17H27NO/c1-4-18-17(13(2)10-11-19-3)16-9-8-14-6-5-7-15(14)12-16/h8-9,12-13,17-18H,4-7,10-11H2,1-3H3. The minimum Gasteiger partial charge on any atom is -0.385 e. The van der Waals surface area contributed by atoms with Crippen LogP contribution in [0.5, 0.6) is 0 Å². The van der Waals surface area contributed by atoms with Crippen molar-refractivity contribution < 1.29 is 4.74 Å². The predicted molar refractivity (Wildman–Crippen MR) is 80.5 cm³/mol. The van der Waals surface area contributed by atoms with Crippen molar-refractivity contribution in [2.24, 2.45) is 5.92 Å². The monoisotopic (exact) mass is 261 g/mol. The molecule has 0 aliphatic heterocycles. The van der Waals surface area contributed by atoms with E-state index in [1.165, 1.54) is 24.8 Å². The molecule has 1 aliphatic carbocycles. The summed E-state index contributed by atoms with van der Waals surface area (Å²) in [6.07, 6.45) is 4.95. The molecule has 0 saturated carbocycles. The molecule has 1 aliphatic rings. The Morgan fingerprint density at radius 1 is 1.26 bits per heavy atom. The van der Waals surface area contributed by atoms with E-state index in [9.17, 15) is 0 Å². The van der Waals surface area contributed by atoms with E-state index in [4.69, 9.17) is 4.74 Å². The van der Waals surface area contributed by atoms with Gasteiger partial charge in [0.25, 0.3) is 0 Å². The molecule has 0 saturated heterocycles. The van der Waals surface area contributed by atoms with Gasteiger partial charge in [0.1, 0.15) is 0 Å². The van der Waals surface area contributed by atoms with E-state index in [0.717, 1.165) is 19.6 Å². The summed E-state index contributed by atoms with van der Waals surface area (Å²) in [6.45, 7) is 6.36. The molecule has 106 valence electrons. The molecular weight excluding hydrogens is 234 g/mol. The third-order valence-corrected chi connectivity index (χ3v) is 4.25. The minimum atomic E-state index is 0.450. The van der Waals surface area contributed by atoms with E-state index in [1.54, 1.807) is 18.2 Å². The summed E-state index contributed by atoms with van der Waals surface area (Å²) in [4.78, 5) is 0. The fraction of sp³-hybridized carbons (Fsp3) is 0.647. The lowest BCUT2D eigenvalue weighted by Gasteiger charge is -2.26. The molecule has 1 aromatic carbocycles. The molecule has 0 bridgehead atoms. The van der Waals surface area contributed by atoms with Gasteiger partial charge in [-0.15, -0.1) is 0 Å². The smallest absolute Gasteiger partial charge is 0.0465 e. The van der Waals surface area contributed by atoms with Gasteiger partial charge in [-0.25, -0.2) is 0 Å². The molecule has 2 rings (SSSR count). The predicted octanol–water partition coefficient (Wildman–Crippen LogP) is 3.50. The van der Waals surface area contributed by atoms with Gasteiger partial charge in [0.2, 0.25) is 0 Å². The Morgan fingerprint density at radius 3 is 2.79 bits per heavy atom. The lowest BCUT2D eigenvalue weighted by molar-refractivity contribution is 0.170. The third kappa shape index (κ3) is 3.58. The fourth-order valence-electron chi connectivity index (χ4n) is 3.12. The maximum atomic E-state index is 5.22. The summed E-state index contributed by atoms with van der Waals surface area (Å²) in [6, 6.07) is 7.54. The summed E-state index contributed by atoms with van der Waals surface area (Å²) >= 11 is 0. The van der Waals surface area contributed by atoms with Crippen molar-refractivity contribution in [3.63, 3.8) is 0 Å². The van der Waals surface area contributed by atoms with Gasteiger partial charge in [-0.1, -0.05) is 32.0 Å². The number of hydrogen-bond donors (Lipinski definition) is 1. The lowest BCUT2D eigenvalue weighted by Crippen LogP contribution is -2.27. The van der Waals surface area contributed by atoms with Gasteiger partial charge in [0.15, 0.2) is 0 Å². The van der Waals surface area contributed by atoms with Crippen LogP contribution < -0.4 is 5.32 Å². The van der Waals surface area contributed by atoms with Crippen molar-refractivity contribution in [1.29, 1.82) is 0 Å². The van der Waals surface area contributed by atoms with Gasteiger partial charge in [-0.3, -0.25) is 0 Å². The average molecular weight is 261 g/mol. The Bertz CT molecular complexity index is 402. The van der Waals surface area contributed by atoms with Crippen LogP contribution >= 0.6 is 0 Å². The lowest BCUT2D eigenvalue weighted by atomic mass is 9.90. The zero-order valence-electron chi connectivity index (χ0n) is 12.5. The second kappa shape index (κ2) is 7.06. The van der Waals surface area contributed by atoms with Crippen LogP contribution in [-0.4, -0.2) is 20.3 Å². The number of ether oxygens (including phenoxy) is 1. The normalized spacial score (nSPS) is 17.2. The Kier molecular flexibility index (Phi) is 5.41. The van der Waals surface area contributed by atoms with Crippen molar-refractivity contribution in [2.75, 3.05) is 20.3 Å². The SMILES string of the molecule is CCNC(c1ccc2c(c1)CCC2)C(C)CCOC. The van der Waals surface area contributed by atoms with Gasteiger partial charge in [-0.05, 0) is 54.8 Å². The maximum absolute atomic E-state index is 5.22. The van der Waals surface area contributed by atoms with Crippen LogP contribution in [0.3, 0.4) is 0 Å². The summed E-state index contributed by atoms with van der Waals surface area (Å²) in [5, 5.41) is 3.64. The molecule has 2 unspecified atom stereocenters. The number of rotatable bonds is 7. The van der Waals surface area contributed by atoms with Crippen molar-refractivity contribution >= 4 is 0 Å². The van der Waals surface area contributed by atoms with Crippen LogP contribution in [0.1, 0.15) is 49.4 Å². The molecule has 0 amide bonds. The second-order valence-corrected chi connectivity index (χ2v) is 5.68. The van der Waals surface area contributed by atoms with Gasteiger partial charge in [-0.2, -0.15) is 0 Å². The first-order valence-corrected chi connectivity index (χ1v) is 7.60. The number of aryl methyl sites for hydroxylation is 2. The Balaban J connectivity index is 2.13. The van der Waals surface area contributed by atoms with Crippen LogP contribution in [0.15, 0.2) is 18.2 Å². The number of fused-ring (bicyclic) bond motifs is 1. The fourth-order valence-corrected chi connectivity index (χ4v) is 3.12. The highest BCUT2D eigenvalue weighted by atomic mass is 16.5. The highest BCUT2D eigenvalue weighted by molar-refractivity contribution is 5.36. The van der Waals surface area contributed by atoms with Crippen LogP contribution in [0.25, 0.3) is 0 Å². The molecular formula is C17H27NO. The molecule has 2 heteroatoms. The Labute approximate surface area is 117 Å². The zero-order chi connectivity index (χ0) is 13.7. The van der Waals surface area contributed by atoms with Crippen LogP contribution in [0.2, 0.25) is 0 Å². The van der Waals surface area contributed by atoms with Gasteiger partial charge < -0.3 is 10.1 Å². The first kappa shape index (κ1) is 14.5.